The molecule has 8 atom stereocenters. The van der Waals surface area contributed by atoms with Gasteiger partial charge in [-0.05, 0) is 32.3 Å². The summed E-state index contributed by atoms with van der Waals surface area (Å²) in [6.07, 6.45) is -0.453. The van der Waals surface area contributed by atoms with Crippen LogP contribution in [-0.4, -0.2) is 73.2 Å². The van der Waals surface area contributed by atoms with Gasteiger partial charge in [0.2, 0.25) is 5.91 Å². The van der Waals surface area contributed by atoms with Crippen molar-refractivity contribution in [3.05, 3.63) is 35.9 Å². The molecule has 0 aromatic heterocycles. The Bertz CT molecular complexity index is 705. The van der Waals surface area contributed by atoms with Crippen molar-refractivity contribution in [1.29, 1.82) is 0 Å². The summed E-state index contributed by atoms with van der Waals surface area (Å²) < 4.78 is 24.2. The number of rotatable bonds is 12. The first-order valence-corrected chi connectivity index (χ1v) is 11.7. The van der Waals surface area contributed by atoms with Crippen molar-refractivity contribution in [1.82, 2.24) is 10.6 Å². The van der Waals surface area contributed by atoms with Gasteiger partial charge in [-0.1, -0.05) is 43.7 Å². The molecule has 32 heavy (non-hydrogen) atoms. The Morgan fingerprint density at radius 2 is 2.00 bits per heavy atom. The Morgan fingerprint density at radius 3 is 2.69 bits per heavy atom. The molecule has 2 aliphatic heterocycles. The third kappa shape index (κ3) is 6.73. The summed E-state index contributed by atoms with van der Waals surface area (Å²) >= 11 is 0. The Balaban J connectivity index is 1.64. The standard InChI is InChI=1S/C24H38N2O6/c1-5-6-12-29-21-19-14-30-24(32-19)20(26-17(4)27)22(21)31-16(3)23(28)25-15(2)13-18-10-8-7-9-11-18/h7-11,15-16,19-25,28H,5-6,12-14H2,1-4H3,(H,26,27)/t15-,16-,19-,20-,21-,22-,23?,24-/m1/s1. The highest BCUT2D eigenvalue weighted by molar-refractivity contribution is 5.73. The van der Waals surface area contributed by atoms with E-state index in [9.17, 15) is 9.90 Å². The summed E-state index contributed by atoms with van der Waals surface area (Å²) in [6, 6.07) is 9.67. The number of amides is 1. The first kappa shape index (κ1) is 25.1. The summed E-state index contributed by atoms with van der Waals surface area (Å²) in [5, 5.41) is 16.9. The highest BCUT2D eigenvalue weighted by atomic mass is 16.7. The fourth-order valence-electron chi connectivity index (χ4n) is 4.26. The lowest BCUT2D eigenvalue weighted by atomic mass is 9.97. The van der Waals surface area contributed by atoms with Crippen LogP contribution in [0.15, 0.2) is 30.3 Å². The number of hydrogen-bond donors (Lipinski definition) is 3. The van der Waals surface area contributed by atoms with Gasteiger partial charge in [0, 0.05) is 19.6 Å². The summed E-state index contributed by atoms with van der Waals surface area (Å²) in [4.78, 5) is 11.9. The Morgan fingerprint density at radius 1 is 1.25 bits per heavy atom. The zero-order valence-electron chi connectivity index (χ0n) is 19.5. The fraction of sp³-hybridized carbons (Fsp3) is 0.708. The van der Waals surface area contributed by atoms with E-state index < -0.39 is 36.9 Å². The van der Waals surface area contributed by atoms with E-state index in [1.165, 1.54) is 12.5 Å². The second-order valence-corrected chi connectivity index (χ2v) is 8.80. The molecule has 3 rings (SSSR count). The molecule has 1 unspecified atom stereocenters. The van der Waals surface area contributed by atoms with Gasteiger partial charge in [-0.3, -0.25) is 10.1 Å². The average Bonchev–Trinajstić information content (AvgIpc) is 3.19. The molecule has 1 aromatic carbocycles. The van der Waals surface area contributed by atoms with E-state index in [2.05, 4.69) is 29.7 Å². The zero-order chi connectivity index (χ0) is 23.1. The Labute approximate surface area is 190 Å². The fourth-order valence-corrected chi connectivity index (χ4v) is 4.26. The second-order valence-electron chi connectivity index (χ2n) is 8.80. The van der Waals surface area contributed by atoms with Gasteiger partial charge in [-0.15, -0.1) is 0 Å². The number of nitrogens with one attached hydrogen (secondary N) is 2. The van der Waals surface area contributed by atoms with Crippen LogP contribution in [0, 0.1) is 0 Å². The average molecular weight is 451 g/mol. The predicted octanol–water partition coefficient (Wildman–Crippen LogP) is 1.74. The summed E-state index contributed by atoms with van der Waals surface area (Å²) in [5.74, 6) is -0.198. The van der Waals surface area contributed by atoms with Crippen LogP contribution in [0.1, 0.15) is 46.1 Å². The minimum absolute atomic E-state index is 0.0513. The lowest BCUT2D eigenvalue weighted by molar-refractivity contribution is -0.230. The number of fused-ring (bicyclic) bond motifs is 2. The molecular weight excluding hydrogens is 412 g/mol. The molecule has 1 amide bonds. The van der Waals surface area contributed by atoms with Crippen molar-refractivity contribution in [3.63, 3.8) is 0 Å². The molecule has 8 heteroatoms. The smallest absolute Gasteiger partial charge is 0.217 e. The van der Waals surface area contributed by atoms with Crippen molar-refractivity contribution < 1.29 is 28.8 Å². The van der Waals surface area contributed by atoms with E-state index in [-0.39, 0.29) is 18.1 Å². The van der Waals surface area contributed by atoms with Gasteiger partial charge < -0.3 is 29.4 Å². The number of carbonyl (C=O) groups excluding carboxylic acids is 1. The molecule has 0 spiro atoms. The molecule has 0 aliphatic carbocycles. The third-order valence-corrected chi connectivity index (χ3v) is 5.91. The lowest BCUT2D eigenvalue weighted by Crippen LogP contribution is -2.63. The van der Waals surface area contributed by atoms with E-state index in [0.29, 0.717) is 13.2 Å². The van der Waals surface area contributed by atoms with E-state index in [0.717, 1.165) is 19.3 Å². The van der Waals surface area contributed by atoms with Gasteiger partial charge in [-0.25, -0.2) is 0 Å². The van der Waals surface area contributed by atoms with Gasteiger partial charge in [0.1, 0.15) is 30.6 Å². The quantitative estimate of drug-likeness (QED) is 0.330. The van der Waals surface area contributed by atoms with Crippen LogP contribution in [0.5, 0.6) is 0 Å². The molecule has 2 saturated heterocycles. The van der Waals surface area contributed by atoms with Crippen LogP contribution in [0.4, 0.5) is 0 Å². The summed E-state index contributed by atoms with van der Waals surface area (Å²) in [7, 11) is 0. The number of benzene rings is 1. The number of unbranched alkanes of at least 4 members (excludes halogenated alkanes) is 1. The number of aliphatic hydroxyl groups is 1. The topological polar surface area (TPSA) is 98.3 Å². The maximum Gasteiger partial charge on any atom is 0.217 e. The van der Waals surface area contributed by atoms with Crippen LogP contribution < -0.4 is 10.6 Å². The molecule has 2 bridgehead atoms. The van der Waals surface area contributed by atoms with Crippen molar-refractivity contribution in [3.8, 4) is 0 Å². The molecule has 2 heterocycles. The van der Waals surface area contributed by atoms with Crippen molar-refractivity contribution in [2.24, 2.45) is 0 Å². The van der Waals surface area contributed by atoms with Crippen LogP contribution in [0.2, 0.25) is 0 Å². The van der Waals surface area contributed by atoms with E-state index in [1.54, 1.807) is 0 Å². The maximum atomic E-state index is 11.9. The molecule has 0 saturated carbocycles. The summed E-state index contributed by atoms with van der Waals surface area (Å²) in [5.41, 5.74) is 1.20. The molecule has 2 aliphatic rings. The zero-order valence-corrected chi connectivity index (χ0v) is 19.5. The van der Waals surface area contributed by atoms with Crippen molar-refractivity contribution >= 4 is 5.91 Å². The van der Waals surface area contributed by atoms with Gasteiger partial charge in [0.05, 0.1) is 12.7 Å². The van der Waals surface area contributed by atoms with Crippen LogP contribution in [0.25, 0.3) is 0 Å². The minimum Gasteiger partial charge on any atom is -0.376 e. The number of carbonyl (C=O) groups is 1. The molecule has 180 valence electrons. The molecule has 2 fully saturated rings. The molecule has 0 radical (unpaired) electrons. The molecule has 1 aromatic rings. The summed E-state index contributed by atoms with van der Waals surface area (Å²) in [6.45, 7) is 8.37. The van der Waals surface area contributed by atoms with Crippen molar-refractivity contribution in [2.75, 3.05) is 13.2 Å². The first-order chi connectivity index (χ1) is 15.4. The highest BCUT2D eigenvalue weighted by Crippen LogP contribution is 2.33. The minimum atomic E-state index is -0.885. The van der Waals surface area contributed by atoms with Crippen molar-refractivity contribution in [2.45, 2.75) is 96.0 Å². The molecule has 3 N–H and O–H groups in total. The first-order valence-electron chi connectivity index (χ1n) is 11.7. The normalized spacial score (nSPS) is 30.0. The monoisotopic (exact) mass is 450 g/mol. The van der Waals surface area contributed by atoms with E-state index >= 15 is 0 Å². The molecule has 8 nitrogen and oxygen atoms in total. The van der Waals surface area contributed by atoms with Gasteiger partial charge in [0.25, 0.3) is 0 Å². The third-order valence-electron chi connectivity index (χ3n) is 5.91. The highest BCUT2D eigenvalue weighted by Gasteiger charge is 2.53. The number of aliphatic hydroxyl groups excluding tert-OH is 1. The maximum absolute atomic E-state index is 11.9. The predicted molar refractivity (Wildman–Crippen MR) is 120 cm³/mol. The molecular formula is C24H38N2O6. The van der Waals surface area contributed by atoms with E-state index in [4.69, 9.17) is 18.9 Å². The second kappa shape index (κ2) is 12.1. The Hall–Kier alpha value is -1.55. The van der Waals surface area contributed by atoms with Crippen LogP contribution in [0.3, 0.4) is 0 Å². The van der Waals surface area contributed by atoms with E-state index in [1.807, 2.05) is 32.0 Å². The van der Waals surface area contributed by atoms with Crippen LogP contribution >= 0.6 is 0 Å². The largest absolute Gasteiger partial charge is 0.376 e. The van der Waals surface area contributed by atoms with Crippen LogP contribution in [-0.2, 0) is 30.2 Å². The Kier molecular flexibility index (Phi) is 9.46. The number of ether oxygens (including phenoxy) is 4. The number of hydrogen-bond acceptors (Lipinski definition) is 7. The lowest BCUT2D eigenvalue weighted by Gasteiger charge is -2.42. The van der Waals surface area contributed by atoms with Gasteiger partial charge >= 0.3 is 0 Å². The van der Waals surface area contributed by atoms with Gasteiger partial charge in [-0.2, -0.15) is 0 Å². The van der Waals surface area contributed by atoms with Gasteiger partial charge in [0.15, 0.2) is 6.29 Å². The SMILES string of the molecule is CCCCO[C@H]1[C@H](O[C@H](C)C(O)N[C@H](C)Cc2ccccc2)[C@@H](NC(C)=O)[C@@H]2OC[C@H]1O2.